The number of nitrogens with zero attached hydrogens (tertiary/aromatic N) is 3. The number of nitrogens with one attached hydrogen (secondary N) is 2. The van der Waals surface area contributed by atoms with Gasteiger partial charge in [-0.25, -0.2) is 4.68 Å². The first kappa shape index (κ1) is 5.36. The summed E-state index contributed by atoms with van der Waals surface area (Å²) in [7, 11) is 0. The van der Waals surface area contributed by atoms with E-state index in [0.29, 0.717) is 0 Å². The highest BCUT2D eigenvalue weighted by atomic mass is 16.3. The van der Waals surface area contributed by atoms with E-state index in [0.717, 1.165) is 5.82 Å². The zero-order chi connectivity index (χ0) is 6.97. The van der Waals surface area contributed by atoms with Crippen LogP contribution in [0.3, 0.4) is 0 Å². The monoisotopic (exact) mass is 139 g/mol. The maximum atomic E-state index is 10.1. The van der Waals surface area contributed by atoms with Crippen LogP contribution in [0.15, 0.2) is 17.4 Å². The third kappa shape index (κ3) is 0.532. The van der Waals surface area contributed by atoms with Gasteiger partial charge in [0.15, 0.2) is 0 Å². The van der Waals surface area contributed by atoms with E-state index < -0.39 is 6.29 Å². The summed E-state index contributed by atoms with van der Waals surface area (Å²) in [6.45, 7) is 0. The summed E-state index contributed by atoms with van der Waals surface area (Å²) in [5.74, 6) is 0.754. The lowest BCUT2D eigenvalue weighted by Gasteiger charge is -1.97. The predicted molar refractivity (Wildman–Crippen MR) is 33.8 cm³/mol. The Labute approximate surface area is 56.2 Å². The van der Waals surface area contributed by atoms with Crippen molar-refractivity contribution in [2.24, 2.45) is 5.18 Å². The predicted octanol–water partition coefficient (Wildman–Crippen LogP) is 0.0357. The molecule has 1 unspecified atom stereocenters. The van der Waals surface area contributed by atoms with Crippen molar-refractivity contribution in [2.75, 3.05) is 5.43 Å². The summed E-state index contributed by atoms with van der Waals surface area (Å²) in [5.41, 5.74) is 5.36. The van der Waals surface area contributed by atoms with Gasteiger partial charge in [0.1, 0.15) is 5.82 Å². The van der Waals surface area contributed by atoms with Crippen LogP contribution in [0.2, 0.25) is 0 Å². The van der Waals surface area contributed by atoms with Gasteiger partial charge in [0, 0.05) is 6.07 Å². The number of hydrogen-bond donors (Lipinski definition) is 2. The first-order valence-corrected chi connectivity index (χ1v) is 2.79. The first-order chi connectivity index (χ1) is 4.92. The van der Waals surface area contributed by atoms with Crippen molar-refractivity contribution < 1.29 is 0 Å². The fourth-order valence-electron chi connectivity index (χ4n) is 0.879. The fourth-order valence-corrected chi connectivity index (χ4v) is 0.879. The molecule has 52 valence electrons. The molecule has 2 rings (SSSR count). The molecule has 0 bridgehead atoms. The second-order valence-corrected chi connectivity index (χ2v) is 1.91. The summed E-state index contributed by atoms with van der Waals surface area (Å²) < 4.78 is 1.47. The van der Waals surface area contributed by atoms with Crippen LogP contribution in [-0.2, 0) is 0 Å². The van der Waals surface area contributed by atoms with Gasteiger partial charge < -0.3 is 5.43 Å². The lowest BCUT2D eigenvalue weighted by Crippen LogP contribution is -2.19. The molecule has 2 N–H and O–H groups in total. The number of hydrogen-bond acceptors (Lipinski definition) is 5. The second kappa shape index (κ2) is 1.77. The number of aromatic nitrogens is 2. The minimum atomic E-state index is -0.606. The molecule has 0 amide bonds. The van der Waals surface area contributed by atoms with Crippen molar-refractivity contribution in [1.82, 2.24) is 15.2 Å². The third-order valence-electron chi connectivity index (χ3n) is 1.33. The van der Waals surface area contributed by atoms with Crippen LogP contribution >= 0.6 is 0 Å². The lowest BCUT2D eigenvalue weighted by atomic mass is 10.7. The topological polar surface area (TPSA) is 71.3 Å². The minimum Gasteiger partial charge on any atom is -0.302 e. The molecular weight excluding hydrogens is 134 g/mol. The van der Waals surface area contributed by atoms with E-state index in [2.05, 4.69) is 21.1 Å². The molecule has 1 aliphatic heterocycles. The number of anilines is 1. The molecular formula is C4H5N5O. The molecule has 1 aromatic heterocycles. The Hall–Kier alpha value is -1.43. The summed E-state index contributed by atoms with van der Waals surface area (Å²) in [6, 6.07) is 1.75. The van der Waals surface area contributed by atoms with Gasteiger partial charge in [-0.15, -0.1) is 4.91 Å². The molecule has 10 heavy (non-hydrogen) atoms. The average molecular weight is 139 g/mol. The zero-order valence-electron chi connectivity index (χ0n) is 4.98. The highest BCUT2D eigenvalue weighted by Crippen LogP contribution is 2.17. The highest BCUT2D eigenvalue weighted by molar-refractivity contribution is 5.35. The van der Waals surface area contributed by atoms with Gasteiger partial charge in [0.05, 0.1) is 6.20 Å². The van der Waals surface area contributed by atoms with E-state index in [9.17, 15) is 4.91 Å². The summed E-state index contributed by atoms with van der Waals surface area (Å²) >= 11 is 0. The van der Waals surface area contributed by atoms with Crippen molar-refractivity contribution in [1.29, 1.82) is 0 Å². The Balaban J connectivity index is 2.43. The van der Waals surface area contributed by atoms with Crippen molar-refractivity contribution >= 4 is 5.82 Å². The van der Waals surface area contributed by atoms with Gasteiger partial charge in [0.25, 0.3) is 6.29 Å². The van der Waals surface area contributed by atoms with Gasteiger partial charge in [-0.1, -0.05) is 0 Å². The Bertz CT molecular complexity index is 256. The fraction of sp³-hybridized carbons (Fsp3) is 0.250. The Morgan fingerprint density at radius 2 is 2.70 bits per heavy atom. The maximum Gasteiger partial charge on any atom is 0.254 e. The summed E-state index contributed by atoms with van der Waals surface area (Å²) in [5, 5.41) is 6.62. The Morgan fingerprint density at radius 1 is 1.80 bits per heavy atom. The minimum absolute atomic E-state index is 0.606. The van der Waals surface area contributed by atoms with E-state index in [-0.39, 0.29) is 0 Å². The van der Waals surface area contributed by atoms with Crippen LogP contribution in [0.25, 0.3) is 0 Å². The van der Waals surface area contributed by atoms with Gasteiger partial charge in [-0.05, 0) is 5.18 Å². The van der Waals surface area contributed by atoms with Gasteiger partial charge in [-0.3, -0.25) is 0 Å². The molecule has 0 fully saturated rings. The molecule has 1 atom stereocenters. The van der Waals surface area contributed by atoms with Gasteiger partial charge in [-0.2, -0.15) is 10.5 Å². The van der Waals surface area contributed by atoms with Crippen molar-refractivity contribution in [3.05, 3.63) is 17.2 Å². The molecule has 0 saturated carbocycles. The van der Waals surface area contributed by atoms with Crippen molar-refractivity contribution in [3.63, 3.8) is 0 Å². The van der Waals surface area contributed by atoms with Crippen LogP contribution in [0, 0.1) is 4.91 Å². The van der Waals surface area contributed by atoms with Crippen molar-refractivity contribution in [3.8, 4) is 0 Å². The summed E-state index contributed by atoms with van der Waals surface area (Å²) in [4.78, 5) is 10.1. The first-order valence-electron chi connectivity index (χ1n) is 2.79. The quantitative estimate of drug-likeness (QED) is 0.538. The Morgan fingerprint density at radius 3 is 3.50 bits per heavy atom. The van der Waals surface area contributed by atoms with E-state index in [1.807, 2.05) is 0 Å². The third-order valence-corrected chi connectivity index (χ3v) is 1.33. The molecule has 1 aromatic rings. The van der Waals surface area contributed by atoms with Crippen LogP contribution < -0.4 is 10.9 Å². The molecule has 0 spiro atoms. The normalized spacial score (nSPS) is 21.8. The van der Waals surface area contributed by atoms with E-state index in [4.69, 9.17) is 0 Å². The smallest absolute Gasteiger partial charge is 0.254 e. The number of fused-ring (bicyclic) bond motifs is 1. The SMILES string of the molecule is O=NC1NNc2ccnn21. The molecule has 0 saturated heterocycles. The van der Waals surface area contributed by atoms with Crippen LogP contribution in [0.4, 0.5) is 5.82 Å². The number of hydrazine groups is 1. The van der Waals surface area contributed by atoms with Crippen LogP contribution in [0.1, 0.15) is 6.29 Å². The summed E-state index contributed by atoms with van der Waals surface area (Å²) in [6.07, 6.45) is 0.992. The molecule has 6 nitrogen and oxygen atoms in total. The molecule has 2 heterocycles. The molecule has 6 heteroatoms. The van der Waals surface area contributed by atoms with E-state index >= 15 is 0 Å². The average Bonchev–Trinajstić information content (AvgIpc) is 2.44. The molecule has 1 aliphatic rings. The van der Waals surface area contributed by atoms with Crippen LogP contribution in [-0.4, -0.2) is 9.78 Å². The van der Waals surface area contributed by atoms with Crippen molar-refractivity contribution in [2.45, 2.75) is 6.29 Å². The lowest BCUT2D eigenvalue weighted by molar-refractivity contribution is 0.460. The zero-order valence-corrected chi connectivity index (χ0v) is 4.98. The number of rotatable bonds is 1. The highest BCUT2D eigenvalue weighted by Gasteiger charge is 2.20. The van der Waals surface area contributed by atoms with Gasteiger partial charge >= 0.3 is 0 Å². The Kier molecular flexibility index (Phi) is 0.952. The second-order valence-electron chi connectivity index (χ2n) is 1.91. The van der Waals surface area contributed by atoms with E-state index in [1.54, 1.807) is 12.3 Å². The van der Waals surface area contributed by atoms with Crippen LogP contribution in [0.5, 0.6) is 0 Å². The number of nitroso groups, excluding NO2 is 1. The maximum absolute atomic E-state index is 10.1. The standard InChI is InChI=1S/C4H5N5O/c10-8-4-7-6-3-1-2-5-9(3)4/h1-2,4,6-7H. The van der Waals surface area contributed by atoms with Gasteiger partial charge in [0.2, 0.25) is 0 Å². The largest absolute Gasteiger partial charge is 0.302 e. The molecule has 0 radical (unpaired) electrons. The molecule has 0 aromatic carbocycles. The van der Waals surface area contributed by atoms with E-state index in [1.165, 1.54) is 4.68 Å². The molecule has 0 aliphatic carbocycles.